The monoisotopic (exact) mass is 186 g/mol. The number of fused-ring (bicyclic) bond motifs is 3. The highest BCUT2D eigenvalue weighted by Gasteiger charge is 2.11. The summed E-state index contributed by atoms with van der Waals surface area (Å²) in [5.41, 5.74) is 8.70. The predicted molar refractivity (Wildman–Crippen MR) is 57.1 cm³/mol. The number of hydrogen-bond acceptors (Lipinski definition) is 2. The van der Waals surface area contributed by atoms with Gasteiger partial charge in [0, 0.05) is 18.5 Å². The van der Waals surface area contributed by atoms with Crippen molar-refractivity contribution in [3.63, 3.8) is 0 Å². The number of aryl methyl sites for hydroxylation is 1. The van der Waals surface area contributed by atoms with Gasteiger partial charge in [-0.05, 0) is 12.1 Å². The Bertz CT molecular complexity index is 619. The molecule has 0 amide bonds. The molecule has 0 radical (unpaired) electrons. The predicted octanol–water partition coefficient (Wildman–Crippen LogP) is 2.51. The average molecular weight is 186 g/mol. The third kappa shape index (κ3) is 0.763. The first-order chi connectivity index (χ1) is 6.77. The number of benzene rings is 1. The van der Waals surface area contributed by atoms with Crippen LogP contribution in [0.5, 0.6) is 0 Å². The fourth-order valence-electron chi connectivity index (χ4n) is 1.93. The van der Waals surface area contributed by atoms with Crippen LogP contribution in [0.2, 0.25) is 0 Å². The first kappa shape index (κ1) is 7.50. The maximum Gasteiger partial charge on any atom is 0.193 e. The molecule has 3 nitrogen and oxygen atoms in total. The van der Waals surface area contributed by atoms with E-state index in [-0.39, 0.29) is 0 Å². The third-order valence-corrected chi connectivity index (χ3v) is 2.60. The van der Waals surface area contributed by atoms with E-state index in [1.54, 1.807) is 0 Å². The van der Waals surface area contributed by atoms with Gasteiger partial charge in [0.1, 0.15) is 0 Å². The Morgan fingerprint density at radius 3 is 2.86 bits per heavy atom. The van der Waals surface area contributed by atoms with Gasteiger partial charge in [-0.1, -0.05) is 12.1 Å². The summed E-state index contributed by atoms with van der Waals surface area (Å²) >= 11 is 0. The lowest BCUT2D eigenvalue weighted by Crippen LogP contribution is -1.85. The zero-order valence-electron chi connectivity index (χ0n) is 7.82. The van der Waals surface area contributed by atoms with Gasteiger partial charge in [-0.15, -0.1) is 0 Å². The number of nitrogens with zero attached hydrogens (tertiary/aromatic N) is 1. The number of hydrogen-bond donors (Lipinski definition) is 1. The van der Waals surface area contributed by atoms with E-state index in [0.29, 0.717) is 5.88 Å². The van der Waals surface area contributed by atoms with E-state index in [2.05, 4.69) is 10.6 Å². The molecule has 70 valence electrons. The second-order valence-corrected chi connectivity index (χ2v) is 3.44. The smallest absolute Gasteiger partial charge is 0.193 e. The van der Waals surface area contributed by atoms with Crippen molar-refractivity contribution in [2.45, 2.75) is 0 Å². The van der Waals surface area contributed by atoms with E-state index in [4.69, 9.17) is 10.2 Å². The molecule has 0 spiro atoms. The molecule has 2 heterocycles. The molecule has 0 bridgehead atoms. The Balaban J connectivity index is 2.65. The molecule has 1 aromatic carbocycles. The Hall–Kier alpha value is -1.90. The average Bonchev–Trinajstić information content (AvgIpc) is 2.68. The second-order valence-electron chi connectivity index (χ2n) is 3.44. The van der Waals surface area contributed by atoms with Crippen molar-refractivity contribution in [3.8, 4) is 0 Å². The maximum absolute atomic E-state index is 5.61. The molecule has 0 aliphatic rings. The lowest BCUT2D eigenvalue weighted by molar-refractivity contribution is 0.641. The molecular formula is C11H10N2O. The number of rotatable bonds is 0. The number of nitrogens with two attached hydrogens (primary N) is 1. The van der Waals surface area contributed by atoms with E-state index in [1.807, 2.05) is 31.3 Å². The molecular weight excluding hydrogens is 176 g/mol. The lowest BCUT2D eigenvalue weighted by atomic mass is 10.2. The van der Waals surface area contributed by atoms with E-state index in [1.165, 1.54) is 5.52 Å². The Labute approximate surface area is 80.7 Å². The third-order valence-electron chi connectivity index (χ3n) is 2.60. The molecule has 14 heavy (non-hydrogen) atoms. The van der Waals surface area contributed by atoms with Crippen LogP contribution < -0.4 is 5.73 Å². The minimum atomic E-state index is 0.469. The normalized spacial score (nSPS) is 11.5. The molecule has 0 saturated carbocycles. The second kappa shape index (κ2) is 2.32. The van der Waals surface area contributed by atoms with Crippen LogP contribution in [0.15, 0.2) is 34.7 Å². The Morgan fingerprint density at radius 1 is 1.21 bits per heavy atom. The standard InChI is InChI=1S/C11H10N2O/c1-13-8-5-3-2-4-7(8)11-9(13)6-10(12)14-11/h2-6H,12H2,1H3. The number of para-hydroxylation sites is 1. The van der Waals surface area contributed by atoms with E-state index in [9.17, 15) is 0 Å². The fourth-order valence-corrected chi connectivity index (χ4v) is 1.93. The summed E-state index contributed by atoms with van der Waals surface area (Å²) in [6.07, 6.45) is 0. The van der Waals surface area contributed by atoms with Gasteiger partial charge in [-0.25, -0.2) is 0 Å². The summed E-state index contributed by atoms with van der Waals surface area (Å²) in [4.78, 5) is 0. The van der Waals surface area contributed by atoms with Crippen molar-refractivity contribution in [2.75, 3.05) is 5.73 Å². The van der Waals surface area contributed by atoms with Crippen LogP contribution in [-0.4, -0.2) is 4.57 Å². The van der Waals surface area contributed by atoms with Crippen LogP contribution in [0.3, 0.4) is 0 Å². The van der Waals surface area contributed by atoms with Crippen molar-refractivity contribution in [3.05, 3.63) is 30.3 Å². The SMILES string of the molecule is Cn1c2ccccc2c2oc(N)cc21. The van der Waals surface area contributed by atoms with Gasteiger partial charge in [0.05, 0.1) is 11.0 Å². The van der Waals surface area contributed by atoms with Crippen LogP contribution in [0.1, 0.15) is 0 Å². The van der Waals surface area contributed by atoms with Gasteiger partial charge in [-0.3, -0.25) is 0 Å². The number of nitrogen functional groups attached to an aromatic ring is 1. The number of furan rings is 1. The molecule has 3 aromatic rings. The summed E-state index contributed by atoms with van der Waals surface area (Å²) in [6, 6.07) is 9.99. The largest absolute Gasteiger partial charge is 0.439 e. The molecule has 0 atom stereocenters. The molecule has 0 aliphatic carbocycles. The number of anilines is 1. The molecule has 3 heteroatoms. The van der Waals surface area contributed by atoms with Gasteiger partial charge in [0.15, 0.2) is 11.5 Å². The molecule has 2 aromatic heterocycles. The van der Waals surface area contributed by atoms with Crippen molar-refractivity contribution in [1.29, 1.82) is 0 Å². The first-order valence-corrected chi connectivity index (χ1v) is 4.50. The van der Waals surface area contributed by atoms with Crippen molar-refractivity contribution >= 4 is 27.9 Å². The van der Waals surface area contributed by atoms with Crippen LogP contribution >= 0.6 is 0 Å². The van der Waals surface area contributed by atoms with Gasteiger partial charge < -0.3 is 14.7 Å². The zero-order valence-corrected chi connectivity index (χ0v) is 7.82. The summed E-state index contributed by atoms with van der Waals surface area (Å²) in [7, 11) is 2.01. The van der Waals surface area contributed by atoms with Crippen LogP contribution in [-0.2, 0) is 7.05 Å². The summed E-state index contributed by atoms with van der Waals surface area (Å²) < 4.78 is 7.55. The first-order valence-electron chi connectivity index (χ1n) is 4.50. The molecule has 2 N–H and O–H groups in total. The van der Waals surface area contributed by atoms with Crippen molar-refractivity contribution in [2.24, 2.45) is 7.05 Å². The van der Waals surface area contributed by atoms with Crippen LogP contribution in [0.25, 0.3) is 22.0 Å². The Kier molecular flexibility index (Phi) is 1.24. The van der Waals surface area contributed by atoms with Gasteiger partial charge in [0.25, 0.3) is 0 Å². The summed E-state index contributed by atoms with van der Waals surface area (Å²) in [6.45, 7) is 0. The lowest BCUT2D eigenvalue weighted by Gasteiger charge is -1.94. The van der Waals surface area contributed by atoms with Crippen LogP contribution in [0, 0.1) is 0 Å². The highest BCUT2D eigenvalue weighted by atomic mass is 16.3. The summed E-state index contributed by atoms with van der Waals surface area (Å²) in [5.74, 6) is 0.469. The quantitative estimate of drug-likeness (QED) is 0.586. The van der Waals surface area contributed by atoms with E-state index in [0.717, 1.165) is 16.5 Å². The minimum absolute atomic E-state index is 0.469. The summed E-state index contributed by atoms with van der Waals surface area (Å²) in [5, 5.41) is 1.11. The van der Waals surface area contributed by atoms with Gasteiger partial charge >= 0.3 is 0 Å². The van der Waals surface area contributed by atoms with E-state index < -0.39 is 0 Å². The Morgan fingerprint density at radius 2 is 2.00 bits per heavy atom. The molecule has 0 aliphatic heterocycles. The maximum atomic E-state index is 5.61. The molecule has 0 saturated heterocycles. The molecule has 3 rings (SSSR count). The van der Waals surface area contributed by atoms with Gasteiger partial charge in [-0.2, -0.15) is 0 Å². The minimum Gasteiger partial charge on any atom is -0.439 e. The highest BCUT2D eigenvalue weighted by Crippen LogP contribution is 2.31. The molecule has 0 fully saturated rings. The molecule has 0 unspecified atom stereocenters. The zero-order chi connectivity index (χ0) is 9.71. The van der Waals surface area contributed by atoms with E-state index >= 15 is 0 Å². The highest BCUT2D eigenvalue weighted by molar-refractivity contribution is 6.05. The van der Waals surface area contributed by atoms with Gasteiger partial charge in [0.2, 0.25) is 0 Å². The number of aromatic nitrogens is 1. The fraction of sp³-hybridized carbons (Fsp3) is 0.0909. The van der Waals surface area contributed by atoms with Crippen molar-refractivity contribution < 1.29 is 4.42 Å². The van der Waals surface area contributed by atoms with Crippen molar-refractivity contribution in [1.82, 2.24) is 4.57 Å². The topological polar surface area (TPSA) is 44.1 Å². The van der Waals surface area contributed by atoms with Crippen LogP contribution in [0.4, 0.5) is 5.88 Å².